The molecule has 0 saturated carbocycles. The molecule has 2 saturated heterocycles. The average Bonchev–Trinajstić information content (AvgIpc) is 3.63. The molecule has 192 valence electrons. The molecule has 2 fully saturated rings. The lowest BCUT2D eigenvalue weighted by atomic mass is 10.0. The zero-order valence-electron chi connectivity index (χ0n) is 21.2. The van der Waals surface area contributed by atoms with E-state index in [0.717, 1.165) is 54.8 Å². The van der Waals surface area contributed by atoms with E-state index in [-0.39, 0.29) is 12.0 Å². The maximum atomic E-state index is 12.9. The van der Waals surface area contributed by atoms with Crippen LogP contribution < -0.4 is 4.74 Å². The van der Waals surface area contributed by atoms with Gasteiger partial charge in [0, 0.05) is 61.6 Å². The maximum Gasteiger partial charge on any atom is 0.253 e. The number of furan rings is 1. The highest BCUT2D eigenvalue weighted by Gasteiger charge is 2.22. The molecule has 2 aliphatic heterocycles. The van der Waals surface area contributed by atoms with Crippen LogP contribution in [-0.4, -0.2) is 73.2 Å². The van der Waals surface area contributed by atoms with E-state index in [1.54, 1.807) is 6.20 Å². The van der Waals surface area contributed by atoms with Gasteiger partial charge in [0.2, 0.25) is 0 Å². The zero-order valence-corrected chi connectivity index (χ0v) is 21.2. The number of amides is 1. The summed E-state index contributed by atoms with van der Waals surface area (Å²) in [5.74, 6) is 1.28. The smallest absolute Gasteiger partial charge is 0.253 e. The second-order valence-electron chi connectivity index (χ2n) is 9.78. The Bertz CT molecular complexity index is 1510. The number of hydrogen-bond acceptors (Lipinski definition) is 7. The lowest BCUT2D eigenvalue weighted by Gasteiger charge is -2.32. The molecule has 1 atom stereocenters. The minimum Gasteiger partial charge on any atom is -0.487 e. The number of pyridine rings is 1. The van der Waals surface area contributed by atoms with Gasteiger partial charge < -0.3 is 23.7 Å². The SMILES string of the molecule is CN1CCN(C(=O)c2ccc(-c3cc4nccc(-c5ccc(OC6CCOC6)c(C#N)c5)c4o3)cc2)CC1. The van der Waals surface area contributed by atoms with Gasteiger partial charge in [-0.1, -0.05) is 18.2 Å². The van der Waals surface area contributed by atoms with Crippen molar-refractivity contribution < 1.29 is 18.7 Å². The minimum atomic E-state index is -0.0311. The Balaban J connectivity index is 1.26. The number of rotatable bonds is 5. The summed E-state index contributed by atoms with van der Waals surface area (Å²) in [6, 6.07) is 19.1. The lowest BCUT2D eigenvalue weighted by molar-refractivity contribution is 0.0664. The molecule has 2 aromatic heterocycles. The molecule has 8 heteroatoms. The van der Waals surface area contributed by atoms with Crippen molar-refractivity contribution in [1.29, 1.82) is 5.26 Å². The fourth-order valence-electron chi connectivity index (χ4n) is 4.95. The number of benzene rings is 2. The number of aromatic nitrogens is 1. The Labute approximate surface area is 221 Å². The van der Waals surface area contributed by atoms with Crippen LogP contribution in [0.15, 0.2) is 65.2 Å². The highest BCUT2D eigenvalue weighted by molar-refractivity contribution is 5.95. The van der Waals surface area contributed by atoms with Crippen molar-refractivity contribution in [2.24, 2.45) is 0 Å². The molecule has 2 aromatic carbocycles. The van der Waals surface area contributed by atoms with Gasteiger partial charge in [0.1, 0.15) is 29.2 Å². The van der Waals surface area contributed by atoms with E-state index in [1.165, 1.54) is 0 Å². The second kappa shape index (κ2) is 10.3. The molecular formula is C30H28N4O4. The third-order valence-corrected chi connectivity index (χ3v) is 7.21. The number of likely N-dealkylation sites (N-methyl/N-ethyl adjacent to an activating group) is 1. The number of piperazine rings is 1. The summed E-state index contributed by atoms with van der Waals surface area (Å²) in [7, 11) is 2.07. The molecular weight excluding hydrogens is 480 g/mol. The molecule has 1 unspecified atom stereocenters. The van der Waals surface area contributed by atoms with E-state index in [0.29, 0.717) is 41.4 Å². The van der Waals surface area contributed by atoms with E-state index in [1.807, 2.05) is 59.5 Å². The predicted molar refractivity (Wildman–Crippen MR) is 143 cm³/mol. The monoisotopic (exact) mass is 508 g/mol. The van der Waals surface area contributed by atoms with Gasteiger partial charge in [-0.25, -0.2) is 0 Å². The van der Waals surface area contributed by atoms with Gasteiger partial charge >= 0.3 is 0 Å². The summed E-state index contributed by atoms with van der Waals surface area (Å²) in [4.78, 5) is 21.5. The molecule has 4 aromatic rings. The number of carbonyl (C=O) groups is 1. The van der Waals surface area contributed by atoms with Crippen LogP contribution in [0, 0.1) is 11.3 Å². The summed E-state index contributed by atoms with van der Waals surface area (Å²) < 4.78 is 17.7. The van der Waals surface area contributed by atoms with Crippen LogP contribution >= 0.6 is 0 Å². The topological polar surface area (TPSA) is 91.8 Å². The highest BCUT2D eigenvalue weighted by atomic mass is 16.5. The van der Waals surface area contributed by atoms with Crippen LogP contribution in [-0.2, 0) is 4.74 Å². The van der Waals surface area contributed by atoms with E-state index in [4.69, 9.17) is 13.9 Å². The van der Waals surface area contributed by atoms with Crippen LogP contribution in [0.5, 0.6) is 5.75 Å². The largest absolute Gasteiger partial charge is 0.487 e. The molecule has 0 radical (unpaired) electrons. The summed E-state index contributed by atoms with van der Waals surface area (Å²) >= 11 is 0. The quantitative estimate of drug-likeness (QED) is 0.389. The predicted octanol–water partition coefficient (Wildman–Crippen LogP) is 4.59. The third kappa shape index (κ3) is 4.74. The summed E-state index contributed by atoms with van der Waals surface area (Å²) in [5, 5.41) is 9.76. The van der Waals surface area contributed by atoms with Gasteiger partial charge in [-0.05, 0) is 42.9 Å². The molecule has 0 spiro atoms. The molecule has 0 N–H and O–H groups in total. The first-order valence-electron chi connectivity index (χ1n) is 12.8. The Hall–Kier alpha value is -4.19. The molecule has 0 aliphatic carbocycles. The zero-order chi connectivity index (χ0) is 26.1. The summed E-state index contributed by atoms with van der Waals surface area (Å²) in [6.07, 6.45) is 2.52. The molecule has 1 amide bonds. The lowest BCUT2D eigenvalue weighted by Crippen LogP contribution is -2.47. The van der Waals surface area contributed by atoms with Gasteiger partial charge in [-0.2, -0.15) is 5.26 Å². The summed E-state index contributed by atoms with van der Waals surface area (Å²) in [5.41, 5.74) is 5.05. The van der Waals surface area contributed by atoms with Gasteiger partial charge in [0.15, 0.2) is 5.58 Å². The highest BCUT2D eigenvalue weighted by Crippen LogP contribution is 2.35. The molecule has 8 nitrogen and oxygen atoms in total. The fourth-order valence-corrected chi connectivity index (χ4v) is 4.95. The number of nitriles is 1. The second-order valence-corrected chi connectivity index (χ2v) is 9.78. The average molecular weight is 509 g/mol. The number of ether oxygens (including phenoxy) is 2. The number of hydrogen-bond donors (Lipinski definition) is 0. The van der Waals surface area contributed by atoms with Crippen LogP contribution in [0.1, 0.15) is 22.3 Å². The maximum absolute atomic E-state index is 12.9. The number of nitrogens with zero attached hydrogens (tertiary/aromatic N) is 4. The Morgan fingerprint density at radius 3 is 2.58 bits per heavy atom. The molecule has 6 rings (SSSR count). The molecule has 2 aliphatic rings. The van der Waals surface area contributed by atoms with Crippen LogP contribution in [0.3, 0.4) is 0 Å². The van der Waals surface area contributed by atoms with Crippen molar-refractivity contribution in [3.05, 3.63) is 71.9 Å². The Kier molecular flexibility index (Phi) is 6.54. The van der Waals surface area contributed by atoms with Crippen molar-refractivity contribution in [3.8, 4) is 34.3 Å². The Morgan fingerprint density at radius 2 is 1.84 bits per heavy atom. The minimum absolute atomic E-state index is 0.0311. The van der Waals surface area contributed by atoms with Crippen molar-refractivity contribution in [3.63, 3.8) is 0 Å². The summed E-state index contributed by atoms with van der Waals surface area (Å²) in [6.45, 7) is 4.47. The van der Waals surface area contributed by atoms with Crippen molar-refractivity contribution in [2.75, 3.05) is 46.4 Å². The molecule has 4 heterocycles. The van der Waals surface area contributed by atoms with E-state index in [9.17, 15) is 10.1 Å². The van der Waals surface area contributed by atoms with E-state index < -0.39 is 0 Å². The van der Waals surface area contributed by atoms with Crippen LogP contribution in [0.4, 0.5) is 0 Å². The third-order valence-electron chi connectivity index (χ3n) is 7.21. The van der Waals surface area contributed by atoms with Gasteiger partial charge in [-0.15, -0.1) is 0 Å². The number of fused-ring (bicyclic) bond motifs is 1. The van der Waals surface area contributed by atoms with Crippen molar-refractivity contribution in [1.82, 2.24) is 14.8 Å². The van der Waals surface area contributed by atoms with Gasteiger partial charge in [-0.3, -0.25) is 9.78 Å². The van der Waals surface area contributed by atoms with Crippen molar-refractivity contribution in [2.45, 2.75) is 12.5 Å². The first kappa shape index (κ1) is 24.2. The van der Waals surface area contributed by atoms with Crippen LogP contribution in [0.2, 0.25) is 0 Å². The number of carbonyl (C=O) groups excluding carboxylic acids is 1. The fraction of sp³-hybridized carbons (Fsp3) is 0.300. The van der Waals surface area contributed by atoms with Gasteiger partial charge in [0.25, 0.3) is 5.91 Å². The normalized spacial score (nSPS) is 18.0. The van der Waals surface area contributed by atoms with Crippen molar-refractivity contribution >= 4 is 17.0 Å². The first-order valence-corrected chi connectivity index (χ1v) is 12.8. The van der Waals surface area contributed by atoms with E-state index in [2.05, 4.69) is 23.0 Å². The van der Waals surface area contributed by atoms with Gasteiger partial charge in [0.05, 0.1) is 18.8 Å². The first-order chi connectivity index (χ1) is 18.6. The standard InChI is InChI=1S/C30H28N4O4/c1-33-11-13-34(14-12-33)30(35)21-4-2-20(3-5-21)28-17-26-29(38-28)25(8-10-32-26)22-6-7-27(23(16-22)18-31)37-24-9-15-36-19-24/h2-8,10,16-17,24H,9,11-15,19H2,1H3. The Morgan fingerprint density at radius 1 is 1.05 bits per heavy atom. The molecule has 38 heavy (non-hydrogen) atoms. The van der Waals surface area contributed by atoms with Crippen LogP contribution in [0.25, 0.3) is 33.6 Å². The molecule has 0 bridgehead atoms. The van der Waals surface area contributed by atoms with E-state index >= 15 is 0 Å².